The van der Waals surface area contributed by atoms with Gasteiger partial charge in [0.05, 0.1) is 25.3 Å². The summed E-state index contributed by atoms with van der Waals surface area (Å²) in [5.74, 6) is -2.30. The number of hydrogen-bond donors (Lipinski definition) is 2. The van der Waals surface area contributed by atoms with Crippen LogP contribution in [0.3, 0.4) is 0 Å². The Kier molecular flexibility index (Phi) is 6.11. The van der Waals surface area contributed by atoms with Crippen molar-refractivity contribution in [2.45, 2.75) is 43.8 Å². The first-order valence-electron chi connectivity index (χ1n) is 12.8. The topological polar surface area (TPSA) is 152 Å². The zero-order chi connectivity index (χ0) is 27.6. The molecule has 2 aromatic heterocycles. The average Bonchev–Trinajstić information content (AvgIpc) is 3.42. The molecule has 208 valence electrons. The predicted molar refractivity (Wildman–Crippen MR) is 139 cm³/mol. The van der Waals surface area contributed by atoms with E-state index in [0.717, 1.165) is 25.9 Å². The number of anilines is 2. The van der Waals surface area contributed by atoms with Gasteiger partial charge in [0.25, 0.3) is 11.8 Å². The Bertz CT molecular complexity index is 1510. The van der Waals surface area contributed by atoms with Crippen LogP contribution in [0.4, 0.5) is 20.4 Å². The van der Waals surface area contributed by atoms with Gasteiger partial charge in [0.1, 0.15) is 10.9 Å². The summed E-state index contributed by atoms with van der Waals surface area (Å²) in [5.41, 5.74) is 2.98. The molecule has 1 atom stereocenters. The average molecular weight is 562 g/mol. The number of sulfonamides is 1. The summed E-state index contributed by atoms with van der Waals surface area (Å²) in [7, 11) is -4.04. The molecule has 6 rings (SSSR count). The number of piperidine rings is 1. The van der Waals surface area contributed by atoms with Crippen LogP contribution in [0.25, 0.3) is 23.0 Å². The Balaban J connectivity index is 1.35. The number of aromatic nitrogens is 4. The second kappa shape index (κ2) is 9.17. The summed E-state index contributed by atoms with van der Waals surface area (Å²) in [6.45, 7) is 1.74. The lowest BCUT2D eigenvalue weighted by Gasteiger charge is -2.38. The molecule has 3 fully saturated rings. The molecule has 4 heterocycles. The van der Waals surface area contributed by atoms with Crippen LogP contribution < -0.4 is 14.9 Å². The maximum atomic E-state index is 13.4. The molecule has 1 aromatic carbocycles. The predicted octanol–water partition coefficient (Wildman–Crippen LogP) is 2.66. The van der Waals surface area contributed by atoms with Crippen LogP contribution in [0, 0.1) is 12.3 Å². The van der Waals surface area contributed by atoms with Crippen molar-refractivity contribution in [2.24, 2.45) is 10.6 Å². The molecular weight excluding hydrogens is 532 g/mol. The number of nitrogens with two attached hydrogens (primary N) is 1. The fourth-order valence-corrected chi connectivity index (χ4v) is 6.12. The molecule has 1 unspecified atom stereocenters. The summed E-state index contributed by atoms with van der Waals surface area (Å²) in [4.78, 5) is 12.2. The number of benzene rings is 1. The first-order valence-corrected chi connectivity index (χ1v) is 14.4. The molecule has 2 saturated heterocycles. The van der Waals surface area contributed by atoms with Crippen LogP contribution in [-0.4, -0.2) is 72.4 Å². The Morgan fingerprint density at radius 3 is 2.36 bits per heavy atom. The fraction of sp³-hybridized carbons (Fsp3) is 0.520. The van der Waals surface area contributed by atoms with Gasteiger partial charge in [-0.3, -0.25) is 0 Å². The van der Waals surface area contributed by atoms with E-state index < -0.39 is 40.9 Å². The Labute approximate surface area is 224 Å². The maximum Gasteiger partial charge on any atom is 0.282 e. The Morgan fingerprint density at radius 2 is 1.74 bits per heavy atom. The third kappa shape index (κ3) is 5.08. The molecule has 3 aliphatic rings. The van der Waals surface area contributed by atoms with Gasteiger partial charge < -0.3 is 19.3 Å². The van der Waals surface area contributed by atoms with Gasteiger partial charge in [0, 0.05) is 24.5 Å². The number of aliphatic hydroxyl groups excluding tert-OH is 1. The van der Waals surface area contributed by atoms with Crippen molar-refractivity contribution >= 4 is 21.7 Å². The molecule has 0 amide bonds. The molecule has 3 aromatic rings. The number of primary sulfonamides is 1. The quantitative estimate of drug-likeness (QED) is 0.440. The fourth-order valence-electron chi connectivity index (χ4n) is 5.38. The van der Waals surface area contributed by atoms with Gasteiger partial charge in [-0.15, -0.1) is 10.2 Å². The van der Waals surface area contributed by atoms with Crippen molar-refractivity contribution in [3.05, 3.63) is 35.5 Å². The van der Waals surface area contributed by atoms with Gasteiger partial charge in [-0.25, -0.2) is 32.3 Å². The lowest BCUT2D eigenvalue weighted by Crippen LogP contribution is -2.57. The van der Waals surface area contributed by atoms with E-state index in [2.05, 4.69) is 25.1 Å². The summed E-state index contributed by atoms with van der Waals surface area (Å²) in [6.07, 6.45) is 4.52. The van der Waals surface area contributed by atoms with Gasteiger partial charge in [-0.05, 0) is 61.8 Å². The highest BCUT2D eigenvalue weighted by Gasteiger charge is 2.46. The number of nitrogens with zero attached hydrogens (tertiary/aromatic N) is 6. The number of halogens is 2. The van der Waals surface area contributed by atoms with E-state index in [9.17, 15) is 22.3 Å². The van der Waals surface area contributed by atoms with Gasteiger partial charge in [0.2, 0.25) is 21.9 Å². The molecule has 2 aliphatic heterocycles. The van der Waals surface area contributed by atoms with Crippen molar-refractivity contribution < 1.29 is 26.7 Å². The molecule has 39 heavy (non-hydrogen) atoms. The molecule has 0 bridgehead atoms. The number of aryl methyl sites for hydroxylation is 1. The minimum Gasteiger partial charge on any atom is -0.415 e. The van der Waals surface area contributed by atoms with Gasteiger partial charge in [0.15, 0.2) is 0 Å². The van der Waals surface area contributed by atoms with Crippen molar-refractivity contribution in [3.8, 4) is 23.0 Å². The van der Waals surface area contributed by atoms with Crippen molar-refractivity contribution in [1.29, 1.82) is 0 Å². The summed E-state index contributed by atoms with van der Waals surface area (Å²) < 4.78 is 57.1. The van der Waals surface area contributed by atoms with Crippen LogP contribution in [-0.2, 0) is 10.0 Å². The minimum atomic E-state index is -4.04. The zero-order valence-corrected chi connectivity index (χ0v) is 22.2. The van der Waals surface area contributed by atoms with Crippen LogP contribution in [0.15, 0.2) is 28.7 Å². The third-order valence-electron chi connectivity index (χ3n) is 7.92. The Hall–Kier alpha value is -3.23. The molecule has 11 nitrogen and oxygen atoms in total. The van der Waals surface area contributed by atoms with Crippen LogP contribution >= 0.6 is 0 Å². The smallest absolute Gasteiger partial charge is 0.282 e. The molecule has 3 N–H and O–H groups in total. The van der Waals surface area contributed by atoms with E-state index in [0.29, 0.717) is 33.6 Å². The summed E-state index contributed by atoms with van der Waals surface area (Å²) in [6, 6.07) is 6.63. The number of rotatable bonds is 7. The first kappa shape index (κ1) is 26.0. The number of aliphatic hydroxyl groups is 1. The largest absolute Gasteiger partial charge is 0.415 e. The summed E-state index contributed by atoms with van der Waals surface area (Å²) in [5, 5.41) is 22.3. The number of hydrogen-bond acceptors (Lipinski definition) is 10. The highest BCUT2D eigenvalue weighted by atomic mass is 32.2. The third-order valence-corrected chi connectivity index (χ3v) is 9.14. The van der Waals surface area contributed by atoms with E-state index in [1.54, 1.807) is 31.2 Å². The highest BCUT2D eigenvalue weighted by molar-refractivity contribution is 7.89. The van der Waals surface area contributed by atoms with E-state index in [1.165, 1.54) is 17.7 Å². The van der Waals surface area contributed by atoms with E-state index in [1.807, 2.05) is 0 Å². The SMILES string of the molecule is Cc1cc(-c2nnc(-c3ccc(C(CO)S(N)(=O)=O)cc3N3CCC4(CC3)CC4)o2)nc(N2CC(F)(F)C2)n1. The molecule has 0 radical (unpaired) electrons. The highest BCUT2D eigenvalue weighted by Crippen LogP contribution is 2.54. The Morgan fingerprint density at radius 1 is 1.05 bits per heavy atom. The van der Waals surface area contributed by atoms with Crippen molar-refractivity contribution in [1.82, 2.24) is 20.2 Å². The first-order chi connectivity index (χ1) is 18.5. The molecule has 1 spiro atoms. The minimum absolute atomic E-state index is 0.104. The monoisotopic (exact) mass is 561 g/mol. The van der Waals surface area contributed by atoms with Gasteiger partial charge >= 0.3 is 0 Å². The normalized spacial score (nSPS) is 20.6. The van der Waals surface area contributed by atoms with Crippen LogP contribution in [0.1, 0.15) is 42.2 Å². The lowest BCUT2D eigenvalue weighted by atomic mass is 9.92. The van der Waals surface area contributed by atoms with E-state index >= 15 is 0 Å². The molecule has 1 saturated carbocycles. The second-order valence-corrected chi connectivity index (χ2v) is 12.6. The molecule has 1 aliphatic carbocycles. The standard InChI is InChI=1S/C25H29F2N7O4S/c1-15-10-18(30-23(29-15)34-13-25(26,27)14-34)22-32-31-21(38-22)17-3-2-16(20(12-35)39(28,36)37)11-19(17)33-8-6-24(4-5-24)7-9-33/h2-3,10-11,20,35H,4-9,12-14H2,1H3,(H2,28,36,37). The zero-order valence-electron chi connectivity index (χ0n) is 21.3. The maximum absolute atomic E-state index is 13.4. The summed E-state index contributed by atoms with van der Waals surface area (Å²) >= 11 is 0. The van der Waals surface area contributed by atoms with Crippen molar-refractivity contribution in [2.75, 3.05) is 42.6 Å². The van der Waals surface area contributed by atoms with Crippen LogP contribution in [0.5, 0.6) is 0 Å². The molecule has 14 heteroatoms. The second-order valence-electron chi connectivity index (χ2n) is 10.8. The lowest BCUT2D eigenvalue weighted by molar-refractivity contribution is -0.0271. The van der Waals surface area contributed by atoms with E-state index in [4.69, 9.17) is 9.56 Å². The number of alkyl halides is 2. The van der Waals surface area contributed by atoms with Crippen LogP contribution in [0.2, 0.25) is 0 Å². The molecular formula is C25H29F2N7O4S. The van der Waals surface area contributed by atoms with Crippen molar-refractivity contribution in [3.63, 3.8) is 0 Å². The van der Waals surface area contributed by atoms with E-state index in [-0.39, 0.29) is 17.7 Å². The van der Waals surface area contributed by atoms with Gasteiger partial charge in [-0.1, -0.05) is 6.07 Å². The van der Waals surface area contributed by atoms with Gasteiger partial charge in [-0.2, -0.15) is 0 Å².